The zero-order chi connectivity index (χ0) is 13.3. The van der Waals surface area contributed by atoms with E-state index >= 15 is 0 Å². The minimum absolute atomic E-state index is 0.0115. The number of pyridine rings is 1. The molecule has 5 nitrogen and oxygen atoms in total. The Morgan fingerprint density at radius 3 is 2.61 bits per heavy atom. The highest BCUT2D eigenvalue weighted by molar-refractivity contribution is 5.46. The lowest BCUT2D eigenvalue weighted by molar-refractivity contribution is 0.194. The first kappa shape index (κ1) is 12.8. The molecule has 2 aromatic rings. The maximum atomic E-state index is 8.88. The number of aromatic nitrogens is 3. The van der Waals surface area contributed by atoms with E-state index in [0.717, 1.165) is 17.0 Å². The van der Waals surface area contributed by atoms with E-state index in [9.17, 15) is 0 Å². The van der Waals surface area contributed by atoms with Crippen LogP contribution in [0.25, 0.3) is 5.65 Å². The fourth-order valence-electron chi connectivity index (χ4n) is 1.85. The van der Waals surface area contributed by atoms with Crippen molar-refractivity contribution in [1.82, 2.24) is 14.6 Å². The predicted molar refractivity (Wildman–Crippen MR) is 69.0 cm³/mol. The number of aryl methyl sites for hydroxylation is 1. The number of nitrogens with zero attached hydrogens (tertiary/aromatic N) is 3. The van der Waals surface area contributed by atoms with Gasteiger partial charge in [0.15, 0.2) is 5.65 Å². The summed E-state index contributed by atoms with van der Waals surface area (Å²) >= 11 is 0. The molecule has 2 aromatic heterocycles. The molecule has 0 aromatic carbocycles. The summed E-state index contributed by atoms with van der Waals surface area (Å²) < 4.78 is 7.48. The molecule has 2 rings (SSSR count). The normalized spacial score (nSPS) is 12.1. The highest BCUT2D eigenvalue weighted by atomic mass is 16.5. The van der Waals surface area contributed by atoms with Gasteiger partial charge in [-0.25, -0.2) is 4.40 Å². The van der Waals surface area contributed by atoms with Crippen LogP contribution in [0.3, 0.4) is 0 Å². The lowest BCUT2D eigenvalue weighted by atomic mass is 9.96. The highest BCUT2D eigenvalue weighted by Crippen LogP contribution is 2.26. The van der Waals surface area contributed by atoms with Crippen LogP contribution < -0.4 is 4.74 Å². The smallest absolute Gasteiger partial charge is 0.201 e. The van der Waals surface area contributed by atoms with E-state index < -0.39 is 0 Å². The summed E-state index contributed by atoms with van der Waals surface area (Å²) in [7, 11) is 0. The van der Waals surface area contributed by atoms with Crippen molar-refractivity contribution < 1.29 is 9.84 Å². The summed E-state index contributed by atoms with van der Waals surface area (Å²) in [6.07, 6.45) is 0. The van der Waals surface area contributed by atoms with E-state index in [1.165, 1.54) is 0 Å². The zero-order valence-electron chi connectivity index (χ0n) is 11.3. The van der Waals surface area contributed by atoms with E-state index in [1.54, 1.807) is 0 Å². The molecule has 0 amide bonds. The van der Waals surface area contributed by atoms with Gasteiger partial charge in [-0.2, -0.15) is 0 Å². The van der Waals surface area contributed by atoms with Gasteiger partial charge in [-0.3, -0.25) is 0 Å². The Bertz CT molecular complexity index is 555. The minimum Gasteiger partial charge on any atom is -0.476 e. The second-order valence-electron chi connectivity index (χ2n) is 5.41. The molecule has 0 aliphatic heterocycles. The van der Waals surface area contributed by atoms with E-state index in [0.29, 0.717) is 5.88 Å². The molecule has 2 heterocycles. The van der Waals surface area contributed by atoms with Gasteiger partial charge in [-0.05, 0) is 18.6 Å². The molecule has 0 aliphatic rings. The van der Waals surface area contributed by atoms with Crippen LogP contribution >= 0.6 is 0 Å². The second-order valence-corrected chi connectivity index (χ2v) is 5.41. The molecule has 0 fully saturated rings. The maximum Gasteiger partial charge on any atom is 0.201 e. The van der Waals surface area contributed by atoms with Gasteiger partial charge >= 0.3 is 0 Å². The Labute approximate surface area is 106 Å². The number of aliphatic hydroxyl groups is 1. The van der Waals surface area contributed by atoms with E-state index in [-0.39, 0.29) is 18.6 Å². The quantitative estimate of drug-likeness (QED) is 0.899. The Morgan fingerprint density at radius 2 is 2.00 bits per heavy atom. The summed E-state index contributed by atoms with van der Waals surface area (Å²) in [6, 6.07) is 3.90. The van der Waals surface area contributed by atoms with Crippen LogP contribution in [0.15, 0.2) is 12.1 Å². The molecule has 98 valence electrons. The number of rotatable bonds is 3. The number of hydrogen-bond donors (Lipinski definition) is 1. The second kappa shape index (κ2) is 4.57. The Hall–Kier alpha value is -1.62. The van der Waals surface area contributed by atoms with Crippen LogP contribution in [-0.2, 0) is 5.41 Å². The largest absolute Gasteiger partial charge is 0.476 e. The molecule has 0 aliphatic carbocycles. The Balaban J connectivity index is 2.62. The lowest BCUT2D eigenvalue weighted by Gasteiger charge is -2.18. The van der Waals surface area contributed by atoms with Gasteiger partial charge in [0.05, 0.1) is 6.61 Å². The van der Waals surface area contributed by atoms with Gasteiger partial charge < -0.3 is 9.84 Å². The van der Waals surface area contributed by atoms with Gasteiger partial charge in [-0.1, -0.05) is 20.8 Å². The van der Waals surface area contributed by atoms with E-state index in [1.807, 2.05) is 23.5 Å². The summed E-state index contributed by atoms with van der Waals surface area (Å²) in [5.74, 6) is 1.53. The molecule has 18 heavy (non-hydrogen) atoms. The monoisotopic (exact) mass is 249 g/mol. The molecule has 5 heteroatoms. The van der Waals surface area contributed by atoms with Crippen molar-refractivity contribution in [3.63, 3.8) is 0 Å². The Kier molecular flexibility index (Phi) is 3.26. The molecular formula is C13H19N3O2. The summed E-state index contributed by atoms with van der Waals surface area (Å²) in [4.78, 5) is 0. The summed E-state index contributed by atoms with van der Waals surface area (Å²) in [5.41, 5.74) is 1.71. The average molecular weight is 249 g/mol. The third kappa shape index (κ3) is 2.31. The topological polar surface area (TPSA) is 59.7 Å². The molecule has 0 saturated carbocycles. The van der Waals surface area contributed by atoms with Crippen molar-refractivity contribution in [2.75, 3.05) is 13.2 Å². The Morgan fingerprint density at radius 1 is 1.28 bits per heavy atom. The van der Waals surface area contributed by atoms with Crippen LogP contribution in [0.2, 0.25) is 0 Å². The third-order valence-electron chi connectivity index (χ3n) is 2.63. The molecule has 0 bridgehead atoms. The fourth-order valence-corrected chi connectivity index (χ4v) is 1.85. The van der Waals surface area contributed by atoms with Crippen molar-refractivity contribution in [3.05, 3.63) is 23.5 Å². The standard InChI is InChI=1S/C13H19N3O2/c1-9-7-10-14-15-12(13(2,3)4)16(10)11(8-9)18-6-5-17/h7-8,17H,5-6H2,1-4H3. The molecular weight excluding hydrogens is 230 g/mol. The SMILES string of the molecule is Cc1cc(OCCO)n2c(C(C)(C)C)nnc2c1. The molecule has 0 saturated heterocycles. The van der Waals surface area contributed by atoms with E-state index in [4.69, 9.17) is 9.84 Å². The minimum atomic E-state index is -0.119. The molecule has 0 atom stereocenters. The van der Waals surface area contributed by atoms with Crippen LogP contribution in [0.5, 0.6) is 5.88 Å². The van der Waals surface area contributed by atoms with Crippen LogP contribution in [-0.4, -0.2) is 32.9 Å². The van der Waals surface area contributed by atoms with Crippen molar-refractivity contribution in [2.24, 2.45) is 0 Å². The summed E-state index contributed by atoms with van der Waals surface area (Å²) in [5, 5.41) is 17.3. The van der Waals surface area contributed by atoms with Gasteiger partial charge in [0.1, 0.15) is 12.4 Å². The van der Waals surface area contributed by atoms with Crippen LogP contribution in [0.4, 0.5) is 0 Å². The van der Waals surface area contributed by atoms with Crippen molar-refractivity contribution in [3.8, 4) is 5.88 Å². The van der Waals surface area contributed by atoms with Gasteiger partial charge in [-0.15, -0.1) is 10.2 Å². The first-order valence-electron chi connectivity index (χ1n) is 6.03. The van der Waals surface area contributed by atoms with Crippen LogP contribution in [0, 0.1) is 6.92 Å². The molecule has 0 radical (unpaired) electrons. The third-order valence-corrected chi connectivity index (χ3v) is 2.63. The fraction of sp³-hybridized carbons (Fsp3) is 0.538. The lowest BCUT2D eigenvalue weighted by Crippen LogP contribution is -2.17. The number of aliphatic hydroxyl groups excluding tert-OH is 1. The van der Waals surface area contributed by atoms with Gasteiger partial charge in [0.2, 0.25) is 5.88 Å². The van der Waals surface area contributed by atoms with Gasteiger partial charge in [0, 0.05) is 11.5 Å². The first-order chi connectivity index (χ1) is 8.43. The predicted octanol–water partition coefficient (Wildman–Crippen LogP) is 1.71. The summed E-state index contributed by atoms with van der Waals surface area (Å²) in [6.45, 7) is 8.48. The first-order valence-corrected chi connectivity index (χ1v) is 6.03. The molecule has 0 spiro atoms. The zero-order valence-corrected chi connectivity index (χ0v) is 11.3. The highest BCUT2D eigenvalue weighted by Gasteiger charge is 2.23. The number of hydrogen-bond acceptors (Lipinski definition) is 4. The van der Waals surface area contributed by atoms with Crippen molar-refractivity contribution >= 4 is 5.65 Å². The molecule has 1 N–H and O–H groups in total. The van der Waals surface area contributed by atoms with Crippen molar-refractivity contribution in [1.29, 1.82) is 0 Å². The molecule has 0 unspecified atom stereocenters. The number of fused-ring (bicyclic) bond motifs is 1. The van der Waals surface area contributed by atoms with Crippen molar-refractivity contribution in [2.45, 2.75) is 33.1 Å². The van der Waals surface area contributed by atoms with Gasteiger partial charge in [0.25, 0.3) is 0 Å². The maximum absolute atomic E-state index is 8.88. The van der Waals surface area contributed by atoms with Crippen LogP contribution in [0.1, 0.15) is 32.2 Å². The number of ether oxygens (including phenoxy) is 1. The average Bonchev–Trinajstić information content (AvgIpc) is 2.68. The van der Waals surface area contributed by atoms with E-state index in [2.05, 4.69) is 31.0 Å².